The van der Waals surface area contributed by atoms with E-state index in [2.05, 4.69) is 20.6 Å². The van der Waals surface area contributed by atoms with Gasteiger partial charge in [0, 0.05) is 46.5 Å². The zero-order chi connectivity index (χ0) is 26.4. The second-order valence-electron chi connectivity index (χ2n) is 9.39. The number of guanidine groups is 1. The third-order valence-electron chi connectivity index (χ3n) is 6.75. The lowest BCUT2D eigenvalue weighted by Gasteiger charge is -2.36. The van der Waals surface area contributed by atoms with E-state index in [1.165, 1.54) is 18.2 Å². The Hall–Kier alpha value is -4.08. The minimum absolute atomic E-state index is 0.0444. The molecular formula is C28H23ClF2N6O. The lowest BCUT2D eigenvalue weighted by atomic mass is 9.94. The predicted octanol–water partition coefficient (Wildman–Crippen LogP) is 4.03. The van der Waals surface area contributed by atoms with Gasteiger partial charge in [-0.15, -0.1) is 0 Å². The lowest BCUT2D eigenvalue weighted by molar-refractivity contribution is 0.0608. The second kappa shape index (κ2) is 9.66. The van der Waals surface area contributed by atoms with Crippen molar-refractivity contribution < 1.29 is 13.6 Å². The molecule has 0 saturated carbocycles. The van der Waals surface area contributed by atoms with Crippen LogP contribution in [0.5, 0.6) is 0 Å². The molecule has 1 fully saturated rings. The van der Waals surface area contributed by atoms with Gasteiger partial charge in [-0.25, -0.2) is 13.8 Å². The summed E-state index contributed by atoms with van der Waals surface area (Å²) >= 11 is 6.30. The summed E-state index contributed by atoms with van der Waals surface area (Å²) in [7, 11) is 0. The number of amides is 1. The molecule has 0 unspecified atom stereocenters. The first kappa shape index (κ1) is 24.3. The van der Waals surface area contributed by atoms with Gasteiger partial charge in [-0.2, -0.15) is 0 Å². The molecule has 0 bridgehead atoms. The zero-order valence-electron chi connectivity index (χ0n) is 20.1. The maximum Gasteiger partial charge on any atom is 0.253 e. The minimum atomic E-state index is -0.694. The fourth-order valence-corrected chi connectivity index (χ4v) is 4.95. The molecule has 3 aliphatic heterocycles. The average Bonchev–Trinajstić information content (AvgIpc) is 3.03. The number of hydrogen-bond donors (Lipinski definition) is 3. The van der Waals surface area contributed by atoms with Crippen molar-refractivity contribution in [2.24, 2.45) is 15.7 Å². The van der Waals surface area contributed by atoms with E-state index in [1.54, 1.807) is 29.2 Å². The summed E-state index contributed by atoms with van der Waals surface area (Å²) in [5, 5.41) is 7.00. The van der Waals surface area contributed by atoms with Gasteiger partial charge < -0.3 is 21.3 Å². The van der Waals surface area contributed by atoms with Crippen molar-refractivity contribution in [2.75, 3.05) is 31.5 Å². The Morgan fingerprint density at radius 1 is 1.00 bits per heavy atom. The van der Waals surface area contributed by atoms with E-state index in [-0.39, 0.29) is 29.8 Å². The van der Waals surface area contributed by atoms with Crippen molar-refractivity contribution in [1.29, 1.82) is 0 Å². The maximum atomic E-state index is 14.8. The Balaban J connectivity index is 1.25. The van der Waals surface area contributed by atoms with Gasteiger partial charge in [-0.3, -0.25) is 9.79 Å². The van der Waals surface area contributed by atoms with Crippen LogP contribution < -0.4 is 16.4 Å². The van der Waals surface area contributed by atoms with E-state index in [9.17, 15) is 13.6 Å². The van der Waals surface area contributed by atoms with Crippen molar-refractivity contribution in [3.05, 3.63) is 105 Å². The van der Waals surface area contributed by atoms with Crippen molar-refractivity contribution >= 4 is 40.6 Å². The Morgan fingerprint density at radius 3 is 2.42 bits per heavy atom. The van der Waals surface area contributed by atoms with Gasteiger partial charge in [0.2, 0.25) is 5.96 Å². The molecule has 1 saturated heterocycles. The van der Waals surface area contributed by atoms with Crippen LogP contribution in [0.1, 0.15) is 27.0 Å². The summed E-state index contributed by atoms with van der Waals surface area (Å²) in [6.07, 6.45) is 0. The molecule has 38 heavy (non-hydrogen) atoms. The van der Waals surface area contributed by atoms with Gasteiger partial charge in [-0.05, 0) is 54.1 Å². The number of hydrogen-bond acceptors (Lipinski definition) is 6. The number of likely N-dealkylation sites (tertiary alicyclic amines) is 1. The Kier molecular flexibility index (Phi) is 6.17. The van der Waals surface area contributed by atoms with E-state index in [0.29, 0.717) is 47.3 Å². The summed E-state index contributed by atoms with van der Waals surface area (Å²) < 4.78 is 29.5. The number of carbonyl (C=O) groups is 1. The number of halogens is 3. The Morgan fingerprint density at radius 2 is 1.71 bits per heavy atom. The molecule has 0 aromatic heterocycles. The fourth-order valence-electron chi connectivity index (χ4n) is 4.78. The molecule has 6 rings (SSSR count). The highest BCUT2D eigenvalue weighted by atomic mass is 35.5. The van der Waals surface area contributed by atoms with Crippen molar-refractivity contribution in [1.82, 2.24) is 10.2 Å². The number of benzene rings is 3. The van der Waals surface area contributed by atoms with Crippen molar-refractivity contribution in [2.45, 2.75) is 6.04 Å². The number of carbonyl (C=O) groups excluding carboxylic acids is 1. The molecule has 0 radical (unpaired) electrons. The van der Waals surface area contributed by atoms with Crippen LogP contribution in [0, 0.1) is 11.6 Å². The number of nitrogens with one attached hydrogen (secondary N) is 2. The van der Waals surface area contributed by atoms with Gasteiger partial charge in [-0.1, -0.05) is 23.7 Å². The van der Waals surface area contributed by atoms with Gasteiger partial charge >= 0.3 is 0 Å². The smallest absolute Gasteiger partial charge is 0.253 e. The topological polar surface area (TPSA) is 95.1 Å². The fraction of sp³-hybridized carbons (Fsp3) is 0.179. The Labute approximate surface area is 222 Å². The summed E-state index contributed by atoms with van der Waals surface area (Å²) in [4.78, 5) is 23.4. The molecule has 7 nitrogen and oxygen atoms in total. The number of fused-ring (bicyclic) bond motifs is 2. The first-order valence-electron chi connectivity index (χ1n) is 12.1. The highest BCUT2D eigenvalue weighted by Gasteiger charge is 2.29. The third-order valence-corrected chi connectivity index (χ3v) is 6.99. The number of nitrogens with two attached hydrogens (primary N) is 1. The monoisotopic (exact) mass is 532 g/mol. The molecular weight excluding hydrogens is 510 g/mol. The highest BCUT2D eigenvalue weighted by Crippen LogP contribution is 2.32. The normalized spacial score (nSPS) is 16.9. The highest BCUT2D eigenvalue weighted by molar-refractivity contribution is 6.31. The summed E-state index contributed by atoms with van der Waals surface area (Å²) in [6, 6.07) is 16.1. The minimum Gasteiger partial charge on any atom is -0.335 e. The van der Waals surface area contributed by atoms with E-state index in [4.69, 9.17) is 17.3 Å². The molecule has 10 heteroatoms. The summed E-state index contributed by atoms with van der Waals surface area (Å²) in [6.45, 7) is 1.69. The first-order valence-corrected chi connectivity index (χ1v) is 12.5. The first-order chi connectivity index (χ1) is 18.4. The molecule has 0 aliphatic carbocycles. The van der Waals surface area contributed by atoms with Crippen LogP contribution in [0.4, 0.5) is 14.5 Å². The molecule has 4 N–H and O–H groups in total. The largest absolute Gasteiger partial charge is 0.335 e. The predicted molar refractivity (Wildman–Crippen MR) is 145 cm³/mol. The standard InChI is InChI=1S/C28H23ClF2N6O/c29-17-6-9-20-21(10-17)26(24-22(30)2-1-3-23(24)31)33-11-16-12-34-28(36-25(16)20)35-19-7-4-15(5-8-19)27(38)37-13-18(32)14-37/h1-10,18H,11-14,32H2,(H2,34,35,36). The van der Waals surface area contributed by atoms with Crippen LogP contribution in [-0.2, 0) is 0 Å². The van der Waals surface area contributed by atoms with Crippen LogP contribution >= 0.6 is 11.6 Å². The SMILES string of the molecule is NC1CN(C(=O)c2ccc(NC3=NCC4=C(N3)c3ccc(Cl)cc3C(c3c(F)cccc3F)=NC4)cc2)C1. The molecule has 3 aliphatic rings. The second-order valence-corrected chi connectivity index (χ2v) is 9.83. The zero-order valence-corrected chi connectivity index (χ0v) is 20.9. The molecule has 0 spiro atoms. The summed E-state index contributed by atoms with van der Waals surface area (Å²) in [5.74, 6) is -0.935. The maximum absolute atomic E-state index is 14.8. The van der Waals surface area contributed by atoms with Crippen molar-refractivity contribution in [3.8, 4) is 0 Å². The number of aliphatic imine (C=N–C) groups is 2. The average molecular weight is 533 g/mol. The summed E-state index contributed by atoms with van der Waals surface area (Å²) in [5.41, 5.74) is 9.99. The molecule has 3 aromatic carbocycles. The van der Waals surface area contributed by atoms with Crippen LogP contribution in [0.15, 0.2) is 76.2 Å². The lowest BCUT2D eigenvalue weighted by Crippen LogP contribution is -2.57. The number of anilines is 1. The number of rotatable bonds is 3. The van der Waals surface area contributed by atoms with Gasteiger partial charge in [0.05, 0.1) is 30.1 Å². The quantitative estimate of drug-likeness (QED) is 0.474. The van der Waals surface area contributed by atoms with Crippen LogP contribution in [0.2, 0.25) is 5.02 Å². The van der Waals surface area contributed by atoms with Crippen LogP contribution in [0.3, 0.4) is 0 Å². The molecule has 0 atom stereocenters. The van der Waals surface area contributed by atoms with Crippen molar-refractivity contribution in [3.63, 3.8) is 0 Å². The third kappa shape index (κ3) is 4.44. The van der Waals surface area contributed by atoms with E-state index in [0.717, 1.165) is 17.0 Å². The van der Waals surface area contributed by atoms with Gasteiger partial charge in [0.25, 0.3) is 5.91 Å². The van der Waals surface area contributed by atoms with Crippen LogP contribution in [-0.4, -0.2) is 54.7 Å². The molecule has 3 aromatic rings. The number of nitrogens with zero attached hydrogens (tertiary/aromatic N) is 3. The molecule has 1 amide bonds. The van der Waals surface area contributed by atoms with E-state index in [1.807, 2.05) is 18.2 Å². The van der Waals surface area contributed by atoms with E-state index < -0.39 is 11.6 Å². The molecule has 3 heterocycles. The van der Waals surface area contributed by atoms with Crippen LogP contribution in [0.25, 0.3) is 5.70 Å². The molecule has 192 valence electrons. The van der Waals surface area contributed by atoms with Gasteiger partial charge in [0.15, 0.2) is 0 Å². The van der Waals surface area contributed by atoms with Gasteiger partial charge in [0.1, 0.15) is 11.6 Å². The Bertz CT molecular complexity index is 1520. The van der Waals surface area contributed by atoms with E-state index >= 15 is 0 Å².